The van der Waals surface area contributed by atoms with E-state index < -0.39 is 0 Å². The molecule has 1 heterocycles. The molecule has 5 nitrogen and oxygen atoms in total. The van der Waals surface area contributed by atoms with Crippen LogP contribution < -0.4 is 0 Å². The van der Waals surface area contributed by atoms with Crippen molar-refractivity contribution in [1.29, 1.82) is 5.41 Å². The molecule has 0 radical (unpaired) electrons. The van der Waals surface area contributed by atoms with Gasteiger partial charge in [-0.1, -0.05) is 42.5 Å². The summed E-state index contributed by atoms with van der Waals surface area (Å²) in [5.74, 6) is 0.228. The van der Waals surface area contributed by atoms with Crippen LogP contribution >= 0.6 is 12.6 Å². The molecule has 0 bridgehead atoms. The molecule has 0 spiro atoms. The second-order valence-electron chi connectivity index (χ2n) is 6.64. The molecule has 2 aromatic carbocycles. The van der Waals surface area contributed by atoms with Gasteiger partial charge in [-0.15, -0.1) is 0 Å². The Morgan fingerprint density at radius 3 is 2.77 bits per heavy atom. The van der Waals surface area contributed by atoms with Gasteiger partial charge in [-0.2, -0.15) is 12.6 Å². The number of carbonyl (C=O) groups excluding carboxylic acids is 1. The van der Waals surface area contributed by atoms with Crippen LogP contribution in [0.15, 0.2) is 42.5 Å². The van der Waals surface area contributed by atoms with E-state index in [1.807, 2.05) is 12.1 Å². The van der Waals surface area contributed by atoms with Crippen molar-refractivity contribution in [2.75, 3.05) is 39.0 Å². The molecule has 138 valence electrons. The first-order valence-corrected chi connectivity index (χ1v) is 9.43. The number of benzene rings is 2. The summed E-state index contributed by atoms with van der Waals surface area (Å²) in [6.07, 6.45) is 0. The Bertz CT molecular complexity index is 790. The minimum atomic E-state index is -0.319. The number of thiol groups is 1. The van der Waals surface area contributed by atoms with Crippen molar-refractivity contribution in [3.05, 3.63) is 48.0 Å². The van der Waals surface area contributed by atoms with E-state index in [1.54, 1.807) is 0 Å². The Kier molecular flexibility index (Phi) is 6.29. The monoisotopic (exact) mass is 371 g/mol. The number of piperazine rings is 1. The Labute approximate surface area is 159 Å². The predicted octanol–water partition coefficient (Wildman–Crippen LogP) is 2.45. The van der Waals surface area contributed by atoms with Gasteiger partial charge in [-0.25, -0.2) is 0 Å². The third-order valence-electron chi connectivity index (χ3n) is 4.91. The first-order chi connectivity index (χ1) is 12.6. The van der Waals surface area contributed by atoms with E-state index >= 15 is 0 Å². The molecular formula is C20H25N3O2S. The fraction of sp³-hybridized carbons (Fsp3) is 0.400. The molecular weight excluding hydrogens is 346 g/mol. The third-order valence-corrected chi connectivity index (χ3v) is 5.29. The molecule has 0 amide bonds. The van der Waals surface area contributed by atoms with Crippen molar-refractivity contribution in [1.82, 2.24) is 9.80 Å². The lowest BCUT2D eigenvalue weighted by Gasteiger charge is -2.40. The van der Waals surface area contributed by atoms with Crippen LogP contribution in [0.5, 0.6) is 0 Å². The summed E-state index contributed by atoms with van der Waals surface area (Å²) in [6, 6.07) is 14.3. The molecule has 0 aromatic heterocycles. The zero-order valence-electron chi connectivity index (χ0n) is 15.0. The number of hydrogen-bond acceptors (Lipinski definition) is 6. The lowest BCUT2D eigenvalue weighted by molar-refractivity contribution is -0.149. The average Bonchev–Trinajstić information content (AvgIpc) is 2.68. The molecule has 1 saturated heterocycles. The van der Waals surface area contributed by atoms with E-state index in [0.29, 0.717) is 31.1 Å². The normalized spacial score (nSPS) is 18.8. The van der Waals surface area contributed by atoms with Gasteiger partial charge < -0.3 is 10.1 Å². The quantitative estimate of drug-likeness (QED) is 0.465. The molecule has 0 saturated carbocycles. The number of fused-ring (bicyclic) bond motifs is 1. The summed E-state index contributed by atoms with van der Waals surface area (Å²) < 4.78 is 5.05. The summed E-state index contributed by atoms with van der Waals surface area (Å²) in [5, 5.41) is 10.3. The second kappa shape index (κ2) is 8.66. The second-order valence-corrected chi connectivity index (χ2v) is 6.96. The molecule has 6 heteroatoms. The molecule has 2 aromatic rings. The molecule has 0 aliphatic carbocycles. The Hall–Kier alpha value is -1.89. The van der Waals surface area contributed by atoms with E-state index in [9.17, 15) is 4.79 Å². The fourth-order valence-electron chi connectivity index (χ4n) is 3.54. The molecule has 26 heavy (non-hydrogen) atoms. The third kappa shape index (κ3) is 4.26. The van der Waals surface area contributed by atoms with Crippen molar-refractivity contribution < 1.29 is 9.53 Å². The number of rotatable bonds is 6. The van der Waals surface area contributed by atoms with Crippen LogP contribution in [0.25, 0.3) is 10.8 Å². The highest BCUT2D eigenvalue weighted by atomic mass is 32.1. The van der Waals surface area contributed by atoms with Gasteiger partial charge in [-0.05, 0) is 16.3 Å². The van der Waals surface area contributed by atoms with Crippen molar-refractivity contribution in [3.63, 3.8) is 0 Å². The van der Waals surface area contributed by atoms with Crippen molar-refractivity contribution in [2.24, 2.45) is 0 Å². The topological polar surface area (TPSA) is 56.6 Å². The van der Waals surface area contributed by atoms with Gasteiger partial charge in [0.05, 0.1) is 7.11 Å². The van der Waals surface area contributed by atoms with Crippen LogP contribution in [-0.4, -0.2) is 66.6 Å². The van der Waals surface area contributed by atoms with Crippen molar-refractivity contribution >= 4 is 35.1 Å². The highest BCUT2D eigenvalue weighted by molar-refractivity contribution is 7.81. The van der Waals surface area contributed by atoms with Gasteiger partial charge in [0.2, 0.25) is 0 Å². The van der Waals surface area contributed by atoms with E-state index in [-0.39, 0.29) is 12.0 Å². The molecule has 1 unspecified atom stereocenters. The fourth-order valence-corrected chi connectivity index (χ4v) is 3.64. The SMILES string of the molecule is COC(=O)C1CN(CC(=N)CS)CCN1Cc1cccc2ccccc12. The first-order valence-electron chi connectivity index (χ1n) is 8.80. The molecule has 3 rings (SSSR count). The van der Waals surface area contributed by atoms with Gasteiger partial charge in [0, 0.05) is 44.2 Å². The van der Waals surface area contributed by atoms with Crippen LogP contribution in [0.4, 0.5) is 0 Å². The molecule has 1 atom stereocenters. The van der Waals surface area contributed by atoms with Crippen molar-refractivity contribution in [3.8, 4) is 0 Å². The van der Waals surface area contributed by atoms with Crippen LogP contribution in [0.3, 0.4) is 0 Å². The van der Waals surface area contributed by atoms with Crippen LogP contribution in [0.2, 0.25) is 0 Å². The number of ether oxygens (including phenoxy) is 1. The van der Waals surface area contributed by atoms with Gasteiger partial charge in [0.25, 0.3) is 0 Å². The van der Waals surface area contributed by atoms with Crippen LogP contribution in [0, 0.1) is 5.41 Å². The minimum Gasteiger partial charge on any atom is -0.468 e. The molecule has 1 N–H and O–H groups in total. The molecule has 1 aliphatic rings. The van der Waals surface area contributed by atoms with Crippen molar-refractivity contribution in [2.45, 2.75) is 12.6 Å². The Morgan fingerprint density at radius 2 is 2.00 bits per heavy atom. The number of nitrogens with one attached hydrogen (secondary N) is 1. The van der Waals surface area contributed by atoms with Crippen LogP contribution in [0.1, 0.15) is 5.56 Å². The summed E-state index contributed by atoms with van der Waals surface area (Å²) in [4.78, 5) is 16.7. The molecule has 1 aliphatic heterocycles. The zero-order chi connectivity index (χ0) is 18.5. The summed E-state index contributed by atoms with van der Waals surface area (Å²) >= 11 is 4.16. The maximum atomic E-state index is 12.4. The smallest absolute Gasteiger partial charge is 0.324 e. The maximum Gasteiger partial charge on any atom is 0.324 e. The highest BCUT2D eigenvalue weighted by Gasteiger charge is 2.33. The van der Waals surface area contributed by atoms with E-state index in [0.717, 1.165) is 13.1 Å². The molecule has 1 fully saturated rings. The van der Waals surface area contributed by atoms with Gasteiger partial charge in [0.1, 0.15) is 6.04 Å². The predicted molar refractivity (Wildman–Crippen MR) is 108 cm³/mol. The average molecular weight is 372 g/mol. The number of hydrogen-bond donors (Lipinski definition) is 2. The van der Waals surface area contributed by atoms with E-state index in [1.165, 1.54) is 23.4 Å². The number of methoxy groups -OCH3 is 1. The lowest BCUT2D eigenvalue weighted by Crippen LogP contribution is -2.57. The summed E-state index contributed by atoms with van der Waals surface area (Å²) in [6.45, 7) is 3.43. The lowest BCUT2D eigenvalue weighted by atomic mass is 10.0. The largest absolute Gasteiger partial charge is 0.468 e. The van der Waals surface area contributed by atoms with E-state index in [4.69, 9.17) is 10.1 Å². The number of carbonyl (C=O) groups is 1. The Balaban J connectivity index is 1.79. The summed E-state index contributed by atoms with van der Waals surface area (Å²) in [7, 11) is 1.44. The number of esters is 1. The first kappa shape index (κ1) is 18.9. The minimum absolute atomic E-state index is 0.215. The number of nitrogens with zero attached hydrogens (tertiary/aromatic N) is 2. The summed E-state index contributed by atoms with van der Waals surface area (Å²) in [5.41, 5.74) is 1.79. The standard InChI is InChI=1S/C20H25N3O2S/c1-25-20(24)19-13-22(12-17(21)14-26)9-10-23(19)11-16-7-4-6-15-5-2-3-8-18(15)16/h2-8,19,21,26H,9-14H2,1H3. The van der Waals surface area contributed by atoms with E-state index in [2.05, 4.69) is 52.8 Å². The van der Waals surface area contributed by atoms with Gasteiger partial charge in [-0.3, -0.25) is 14.6 Å². The van der Waals surface area contributed by atoms with Gasteiger partial charge in [0.15, 0.2) is 0 Å². The maximum absolute atomic E-state index is 12.4. The van der Waals surface area contributed by atoms with Crippen LogP contribution in [-0.2, 0) is 16.1 Å². The van der Waals surface area contributed by atoms with Gasteiger partial charge >= 0.3 is 5.97 Å². The zero-order valence-corrected chi connectivity index (χ0v) is 15.9. The Morgan fingerprint density at radius 1 is 1.23 bits per heavy atom. The highest BCUT2D eigenvalue weighted by Crippen LogP contribution is 2.22.